The van der Waals surface area contributed by atoms with E-state index in [-0.39, 0.29) is 5.28 Å². The van der Waals surface area contributed by atoms with Crippen LogP contribution in [0.15, 0.2) is 18.7 Å². The van der Waals surface area contributed by atoms with Gasteiger partial charge in [-0.1, -0.05) is 19.8 Å². The monoisotopic (exact) mass is 292 g/mol. The maximum absolute atomic E-state index is 5.98. The largest absolute Gasteiger partial charge is 0.351 e. The van der Waals surface area contributed by atoms with Gasteiger partial charge in [0, 0.05) is 18.4 Å². The number of halogens is 1. The molecule has 20 heavy (non-hydrogen) atoms. The van der Waals surface area contributed by atoms with Crippen molar-refractivity contribution in [1.82, 2.24) is 24.5 Å². The Kier molecular flexibility index (Phi) is 3.82. The Labute approximate surface area is 122 Å². The standard InChI is InChI=1S/C13H17ClN6/c1-9-3-2-4-10(7-9)16-12-17-11(14)18-13(19-12)20-6-5-15-8-20/h5-6,8-10H,2-4,7H2,1H3,(H,16,17,18,19). The quantitative estimate of drug-likeness (QED) is 0.942. The van der Waals surface area contributed by atoms with Crippen LogP contribution < -0.4 is 5.32 Å². The smallest absolute Gasteiger partial charge is 0.241 e. The summed E-state index contributed by atoms with van der Waals surface area (Å²) in [5.74, 6) is 1.76. The zero-order valence-electron chi connectivity index (χ0n) is 11.3. The number of nitrogens with zero attached hydrogens (tertiary/aromatic N) is 5. The van der Waals surface area contributed by atoms with Gasteiger partial charge in [0.05, 0.1) is 0 Å². The molecule has 1 saturated carbocycles. The average Bonchev–Trinajstić information content (AvgIpc) is 2.91. The summed E-state index contributed by atoms with van der Waals surface area (Å²) < 4.78 is 1.71. The molecular formula is C13H17ClN6. The fraction of sp³-hybridized carbons (Fsp3) is 0.538. The summed E-state index contributed by atoms with van der Waals surface area (Å²) in [7, 11) is 0. The first-order valence-electron chi connectivity index (χ1n) is 6.87. The van der Waals surface area contributed by atoms with E-state index < -0.39 is 0 Å². The molecule has 0 amide bonds. The summed E-state index contributed by atoms with van der Waals surface area (Å²) in [5, 5.41) is 3.56. The molecule has 0 bridgehead atoms. The van der Waals surface area contributed by atoms with Gasteiger partial charge in [0.15, 0.2) is 0 Å². The van der Waals surface area contributed by atoms with Gasteiger partial charge in [-0.15, -0.1) is 0 Å². The van der Waals surface area contributed by atoms with Crippen molar-refractivity contribution in [1.29, 1.82) is 0 Å². The van der Waals surface area contributed by atoms with Crippen molar-refractivity contribution < 1.29 is 0 Å². The van der Waals surface area contributed by atoms with Crippen molar-refractivity contribution in [2.24, 2.45) is 5.92 Å². The molecule has 7 heteroatoms. The summed E-state index contributed by atoms with van der Waals surface area (Å²) in [4.78, 5) is 16.7. The second-order valence-electron chi connectivity index (χ2n) is 5.31. The van der Waals surface area contributed by atoms with Crippen LogP contribution in [0.3, 0.4) is 0 Å². The summed E-state index contributed by atoms with van der Waals surface area (Å²) >= 11 is 5.98. The number of hydrogen-bond acceptors (Lipinski definition) is 5. The van der Waals surface area contributed by atoms with Crippen molar-refractivity contribution in [3.63, 3.8) is 0 Å². The fourth-order valence-electron chi connectivity index (χ4n) is 2.64. The first-order chi connectivity index (χ1) is 9.70. The first kappa shape index (κ1) is 13.3. The van der Waals surface area contributed by atoms with Crippen LogP contribution in [0.4, 0.5) is 5.95 Å². The SMILES string of the molecule is CC1CCCC(Nc2nc(Cl)nc(-n3ccnc3)n2)C1. The highest BCUT2D eigenvalue weighted by Gasteiger charge is 2.20. The first-order valence-corrected chi connectivity index (χ1v) is 7.25. The van der Waals surface area contributed by atoms with Gasteiger partial charge >= 0.3 is 0 Å². The summed E-state index contributed by atoms with van der Waals surface area (Å²) in [6.45, 7) is 2.28. The Balaban J connectivity index is 1.79. The minimum absolute atomic E-state index is 0.190. The lowest BCUT2D eigenvalue weighted by Gasteiger charge is -2.27. The normalized spacial score (nSPS) is 22.7. The predicted octanol–water partition coefficient (Wildman–Crippen LogP) is 2.70. The van der Waals surface area contributed by atoms with Crippen molar-refractivity contribution >= 4 is 17.5 Å². The molecule has 0 aliphatic heterocycles. The topological polar surface area (TPSA) is 68.5 Å². The lowest BCUT2D eigenvalue weighted by atomic mass is 9.87. The number of hydrogen-bond donors (Lipinski definition) is 1. The van der Waals surface area contributed by atoms with E-state index in [2.05, 4.69) is 32.2 Å². The Hall–Kier alpha value is -1.69. The van der Waals surface area contributed by atoms with Gasteiger partial charge in [0.25, 0.3) is 0 Å². The van der Waals surface area contributed by atoms with Gasteiger partial charge in [-0.25, -0.2) is 4.98 Å². The lowest BCUT2D eigenvalue weighted by Crippen LogP contribution is -2.27. The van der Waals surface area contributed by atoms with Crippen molar-refractivity contribution in [3.05, 3.63) is 24.0 Å². The molecule has 2 aromatic heterocycles. The van der Waals surface area contributed by atoms with E-state index in [1.807, 2.05) is 0 Å². The number of imidazole rings is 1. The highest BCUT2D eigenvalue weighted by Crippen LogP contribution is 2.25. The molecule has 2 unspecified atom stereocenters. The van der Waals surface area contributed by atoms with Crippen LogP contribution in [-0.2, 0) is 0 Å². The zero-order chi connectivity index (χ0) is 13.9. The van der Waals surface area contributed by atoms with Crippen LogP contribution >= 0.6 is 11.6 Å². The molecule has 0 spiro atoms. The molecule has 6 nitrogen and oxygen atoms in total. The molecule has 2 heterocycles. The van der Waals surface area contributed by atoms with Crippen LogP contribution in [0.1, 0.15) is 32.6 Å². The Morgan fingerprint density at radius 1 is 1.30 bits per heavy atom. The molecule has 0 saturated heterocycles. The highest BCUT2D eigenvalue weighted by atomic mass is 35.5. The van der Waals surface area contributed by atoms with E-state index in [0.29, 0.717) is 17.9 Å². The van der Waals surface area contributed by atoms with Crippen LogP contribution in [0.2, 0.25) is 5.28 Å². The van der Waals surface area contributed by atoms with Gasteiger partial charge in [-0.05, 0) is 30.4 Å². The Bertz CT molecular complexity index is 570. The van der Waals surface area contributed by atoms with Gasteiger partial charge in [0.1, 0.15) is 6.33 Å². The van der Waals surface area contributed by atoms with E-state index in [9.17, 15) is 0 Å². The average molecular weight is 293 g/mol. The molecule has 2 aromatic rings. The molecule has 1 N–H and O–H groups in total. The van der Waals surface area contributed by atoms with Crippen molar-refractivity contribution in [2.75, 3.05) is 5.32 Å². The zero-order valence-corrected chi connectivity index (χ0v) is 12.1. The third-order valence-corrected chi connectivity index (χ3v) is 3.77. The number of aromatic nitrogens is 5. The summed E-state index contributed by atoms with van der Waals surface area (Å²) in [6, 6.07) is 0.410. The molecule has 0 radical (unpaired) electrons. The second kappa shape index (κ2) is 5.75. The second-order valence-corrected chi connectivity index (χ2v) is 5.65. The third-order valence-electron chi connectivity index (χ3n) is 3.60. The van der Waals surface area contributed by atoms with Gasteiger partial charge in [0.2, 0.25) is 17.2 Å². The third kappa shape index (κ3) is 3.07. The van der Waals surface area contributed by atoms with E-state index in [0.717, 1.165) is 18.8 Å². The fourth-order valence-corrected chi connectivity index (χ4v) is 2.80. The van der Waals surface area contributed by atoms with Gasteiger partial charge in [-0.3, -0.25) is 4.57 Å². The molecule has 1 fully saturated rings. The van der Waals surface area contributed by atoms with Crippen LogP contribution in [0.25, 0.3) is 5.95 Å². The summed E-state index contributed by atoms with van der Waals surface area (Å²) in [6.07, 6.45) is 9.92. The van der Waals surface area contributed by atoms with Crippen LogP contribution in [0, 0.1) is 5.92 Å². The van der Waals surface area contributed by atoms with Crippen molar-refractivity contribution in [2.45, 2.75) is 38.6 Å². The molecule has 1 aliphatic carbocycles. The molecule has 3 rings (SSSR count). The molecule has 2 atom stereocenters. The highest BCUT2D eigenvalue weighted by molar-refractivity contribution is 6.28. The van der Waals surface area contributed by atoms with Crippen LogP contribution in [0.5, 0.6) is 0 Å². The lowest BCUT2D eigenvalue weighted by molar-refractivity contribution is 0.357. The van der Waals surface area contributed by atoms with Crippen molar-refractivity contribution in [3.8, 4) is 5.95 Å². The minimum atomic E-state index is 0.190. The maximum Gasteiger partial charge on any atom is 0.241 e. The molecule has 106 valence electrons. The van der Waals surface area contributed by atoms with Gasteiger partial charge < -0.3 is 5.32 Å². The van der Waals surface area contributed by atoms with E-state index >= 15 is 0 Å². The molecular weight excluding hydrogens is 276 g/mol. The number of anilines is 1. The predicted molar refractivity (Wildman–Crippen MR) is 77.0 cm³/mol. The van der Waals surface area contributed by atoms with E-state index in [4.69, 9.17) is 11.6 Å². The Morgan fingerprint density at radius 3 is 2.95 bits per heavy atom. The number of nitrogens with one attached hydrogen (secondary N) is 1. The Morgan fingerprint density at radius 2 is 2.20 bits per heavy atom. The van der Waals surface area contributed by atoms with E-state index in [1.165, 1.54) is 12.8 Å². The molecule has 1 aliphatic rings. The minimum Gasteiger partial charge on any atom is -0.351 e. The maximum atomic E-state index is 5.98. The molecule has 0 aromatic carbocycles. The van der Waals surface area contributed by atoms with E-state index in [1.54, 1.807) is 23.3 Å². The van der Waals surface area contributed by atoms with Crippen LogP contribution in [-0.4, -0.2) is 30.5 Å². The number of rotatable bonds is 3. The summed E-state index contributed by atoms with van der Waals surface area (Å²) in [5.41, 5.74) is 0. The van der Waals surface area contributed by atoms with Gasteiger partial charge in [-0.2, -0.15) is 15.0 Å².